The quantitative estimate of drug-likeness (QED) is 0.588. The van der Waals surface area contributed by atoms with Crippen molar-refractivity contribution >= 4 is 23.4 Å². The van der Waals surface area contributed by atoms with Crippen LogP contribution in [-0.2, 0) is 5.75 Å². The molecule has 5 nitrogen and oxygen atoms in total. The molecule has 0 aliphatic heterocycles. The van der Waals surface area contributed by atoms with Crippen molar-refractivity contribution in [3.8, 4) is 11.4 Å². The molecule has 0 amide bonds. The molecule has 0 unspecified atom stereocenters. The molecule has 1 aromatic carbocycles. The number of nitrogens with two attached hydrogens (primary N) is 1. The van der Waals surface area contributed by atoms with Crippen molar-refractivity contribution in [3.05, 3.63) is 52.9 Å². The predicted octanol–water partition coefficient (Wildman–Crippen LogP) is 3.51. The fourth-order valence-corrected chi connectivity index (χ4v) is 3.08. The number of nitrogen functional groups attached to an aromatic ring is 1. The highest BCUT2D eigenvalue weighted by Crippen LogP contribution is 2.28. The number of aromatic nitrogens is 3. The molecule has 2 heterocycles. The summed E-state index contributed by atoms with van der Waals surface area (Å²) in [7, 11) is 0. The first kappa shape index (κ1) is 14.0. The molecule has 0 bridgehead atoms. The molecule has 7 heteroatoms. The molecule has 3 aromatic rings. The minimum Gasteiger partial charge on any atom is -0.469 e. The van der Waals surface area contributed by atoms with Crippen LogP contribution in [0.3, 0.4) is 0 Å². The minimum absolute atomic E-state index is 0.586. The van der Waals surface area contributed by atoms with Crippen molar-refractivity contribution in [2.24, 2.45) is 0 Å². The topological polar surface area (TPSA) is 69.9 Å². The van der Waals surface area contributed by atoms with Gasteiger partial charge in [-0.3, -0.25) is 0 Å². The van der Waals surface area contributed by atoms with E-state index >= 15 is 0 Å². The van der Waals surface area contributed by atoms with Gasteiger partial charge in [-0.1, -0.05) is 41.6 Å². The molecule has 0 saturated heterocycles. The molecule has 0 radical (unpaired) electrons. The lowest BCUT2D eigenvalue weighted by Gasteiger charge is -2.04. The van der Waals surface area contributed by atoms with E-state index in [4.69, 9.17) is 21.9 Å². The zero-order chi connectivity index (χ0) is 14.8. The van der Waals surface area contributed by atoms with Gasteiger partial charge in [-0.25, -0.2) is 4.68 Å². The van der Waals surface area contributed by atoms with E-state index in [2.05, 4.69) is 10.2 Å². The number of halogens is 1. The molecular formula is C14H13ClN4OS. The Morgan fingerprint density at radius 2 is 2.10 bits per heavy atom. The van der Waals surface area contributed by atoms with Gasteiger partial charge in [-0.15, -0.1) is 10.2 Å². The third kappa shape index (κ3) is 2.77. The van der Waals surface area contributed by atoms with E-state index in [9.17, 15) is 0 Å². The Morgan fingerprint density at radius 1 is 1.29 bits per heavy atom. The summed E-state index contributed by atoms with van der Waals surface area (Å²) in [5, 5.41) is 9.62. The zero-order valence-corrected chi connectivity index (χ0v) is 12.9. The first-order valence-corrected chi connectivity index (χ1v) is 7.64. The van der Waals surface area contributed by atoms with Crippen LogP contribution in [0.4, 0.5) is 0 Å². The maximum atomic E-state index is 6.14. The lowest BCUT2D eigenvalue weighted by Crippen LogP contribution is -2.11. The molecule has 2 N–H and O–H groups in total. The second-order valence-electron chi connectivity index (χ2n) is 4.45. The van der Waals surface area contributed by atoms with Crippen LogP contribution >= 0.6 is 23.4 Å². The van der Waals surface area contributed by atoms with E-state index in [-0.39, 0.29) is 0 Å². The van der Waals surface area contributed by atoms with Gasteiger partial charge in [0, 0.05) is 10.8 Å². The maximum Gasteiger partial charge on any atom is 0.210 e. The summed E-state index contributed by atoms with van der Waals surface area (Å²) in [6, 6.07) is 9.53. The zero-order valence-electron chi connectivity index (χ0n) is 11.3. The molecular weight excluding hydrogens is 308 g/mol. The Labute approximate surface area is 131 Å². The van der Waals surface area contributed by atoms with Crippen LogP contribution in [0.2, 0.25) is 5.02 Å². The van der Waals surface area contributed by atoms with Crippen molar-refractivity contribution in [3.63, 3.8) is 0 Å². The number of aryl methyl sites for hydroxylation is 1. The Balaban J connectivity index is 1.80. The molecule has 0 saturated carbocycles. The summed E-state index contributed by atoms with van der Waals surface area (Å²) in [6.45, 7) is 1.86. The van der Waals surface area contributed by atoms with Crippen LogP contribution in [0.1, 0.15) is 11.3 Å². The summed E-state index contributed by atoms with van der Waals surface area (Å²) in [6.07, 6.45) is 1.61. The molecule has 0 atom stereocenters. The lowest BCUT2D eigenvalue weighted by molar-refractivity contribution is 0.535. The highest BCUT2D eigenvalue weighted by Gasteiger charge is 2.15. The molecule has 108 valence electrons. The first-order chi connectivity index (χ1) is 10.2. The van der Waals surface area contributed by atoms with E-state index in [1.807, 2.05) is 37.3 Å². The molecule has 0 spiro atoms. The summed E-state index contributed by atoms with van der Waals surface area (Å²) >= 11 is 7.63. The minimum atomic E-state index is 0.586. The number of nitrogens with zero attached hydrogens (tertiary/aromatic N) is 3. The third-order valence-corrected chi connectivity index (χ3v) is 4.44. The molecule has 0 aliphatic carbocycles. The average molecular weight is 321 g/mol. The van der Waals surface area contributed by atoms with Crippen molar-refractivity contribution in [1.82, 2.24) is 14.9 Å². The Bertz CT molecular complexity index is 768. The Kier molecular flexibility index (Phi) is 3.90. The second-order valence-corrected chi connectivity index (χ2v) is 5.80. The molecule has 0 aliphatic rings. The van der Waals surface area contributed by atoms with E-state index in [0.29, 0.717) is 16.7 Å². The molecule has 3 rings (SSSR count). The summed E-state index contributed by atoms with van der Waals surface area (Å²) in [5.74, 6) is 8.09. The normalized spacial score (nSPS) is 11.0. The van der Waals surface area contributed by atoms with Crippen LogP contribution in [0.25, 0.3) is 11.4 Å². The van der Waals surface area contributed by atoms with Gasteiger partial charge in [0.15, 0.2) is 5.82 Å². The smallest absolute Gasteiger partial charge is 0.210 e. The van der Waals surface area contributed by atoms with Gasteiger partial charge in [0.2, 0.25) is 5.16 Å². The highest BCUT2D eigenvalue weighted by atomic mass is 35.5. The second kappa shape index (κ2) is 5.83. The van der Waals surface area contributed by atoms with Crippen molar-refractivity contribution in [1.29, 1.82) is 0 Å². The monoisotopic (exact) mass is 320 g/mol. The summed E-state index contributed by atoms with van der Waals surface area (Å²) < 4.78 is 6.74. The largest absolute Gasteiger partial charge is 0.469 e. The summed E-state index contributed by atoms with van der Waals surface area (Å²) in [4.78, 5) is 0. The van der Waals surface area contributed by atoms with Gasteiger partial charge in [-0.05, 0) is 24.6 Å². The number of thioether (sulfide) groups is 1. The van der Waals surface area contributed by atoms with Crippen molar-refractivity contribution < 1.29 is 4.42 Å². The van der Waals surface area contributed by atoms with Crippen LogP contribution in [-0.4, -0.2) is 14.9 Å². The van der Waals surface area contributed by atoms with Crippen LogP contribution < -0.4 is 5.84 Å². The molecule has 2 aromatic heterocycles. The van der Waals surface area contributed by atoms with Gasteiger partial charge < -0.3 is 10.3 Å². The fraction of sp³-hybridized carbons (Fsp3) is 0.143. The van der Waals surface area contributed by atoms with E-state index in [1.54, 1.807) is 6.26 Å². The van der Waals surface area contributed by atoms with Crippen molar-refractivity contribution in [2.45, 2.75) is 17.8 Å². The predicted molar refractivity (Wildman–Crippen MR) is 83.6 cm³/mol. The number of hydrogen-bond donors (Lipinski definition) is 1. The number of furan rings is 1. The standard InChI is InChI=1S/C14H13ClN4OS/c1-9-11(6-7-20-9)13-17-18-14(19(13)16)21-8-10-4-2-3-5-12(10)15/h2-7H,8,16H2,1H3. The van der Waals surface area contributed by atoms with Gasteiger partial charge in [0.05, 0.1) is 11.8 Å². The lowest BCUT2D eigenvalue weighted by atomic mass is 10.2. The number of hydrogen-bond acceptors (Lipinski definition) is 5. The fourth-order valence-electron chi connectivity index (χ4n) is 1.93. The van der Waals surface area contributed by atoms with Gasteiger partial charge in [-0.2, -0.15) is 0 Å². The molecule has 21 heavy (non-hydrogen) atoms. The highest BCUT2D eigenvalue weighted by molar-refractivity contribution is 7.98. The van der Waals surface area contributed by atoms with E-state index in [1.165, 1.54) is 16.4 Å². The maximum absolute atomic E-state index is 6.14. The first-order valence-electron chi connectivity index (χ1n) is 6.28. The average Bonchev–Trinajstić information content (AvgIpc) is 3.04. The Hall–Kier alpha value is -1.92. The van der Waals surface area contributed by atoms with E-state index in [0.717, 1.165) is 21.9 Å². The van der Waals surface area contributed by atoms with Crippen LogP contribution in [0.15, 0.2) is 46.2 Å². The van der Waals surface area contributed by atoms with Crippen LogP contribution in [0, 0.1) is 6.92 Å². The third-order valence-electron chi connectivity index (χ3n) is 3.08. The number of rotatable bonds is 4. The van der Waals surface area contributed by atoms with E-state index < -0.39 is 0 Å². The van der Waals surface area contributed by atoms with Gasteiger partial charge in [0.1, 0.15) is 5.76 Å². The van der Waals surface area contributed by atoms with Crippen molar-refractivity contribution in [2.75, 3.05) is 5.84 Å². The van der Waals surface area contributed by atoms with Gasteiger partial charge in [0.25, 0.3) is 0 Å². The van der Waals surface area contributed by atoms with Gasteiger partial charge >= 0.3 is 0 Å². The number of benzene rings is 1. The SMILES string of the molecule is Cc1occc1-c1nnc(SCc2ccccc2Cl)n1N. The summed E-state index contributed by atoms with van der Waals surface area (Å²) in [5.41, 5.74) is 1.88. The molecule has 0 fully saturated rings. The van der Waals surface area contributed by atoms with Crippen LogP contribution in [0.5, 0.6) is 0 Å². The Morgan fingerprint density at radius 3 is 2.81 bits per heavy atom.